The third-order valence-electron chi connectivity index (χ3n) is 5.61. The minimum Gasteiger partial charge on any atom is -0.352 e. The zero-order chi connectivity index (χ0) is 23.0. The molecule has 1 aliphatic heterocycles. The molecule has 0 bridgehead atoms. The number of hydrogen-bond acceptors (Lipinski definition) is 5. The van der Waals surface area contributed by atoms with Gasteiger partial charge in [0.2, 0.25) is 10.0 Å². The summed E-state index contributed by atoms with van der Waals surface area (Å²) in [5.41, 5.74) is 3.37. The molecular formula is C24H20Cl2N4O2S. The van der Waals surface area contributed by atoms with Crippen LogP contribution < -0.4 is 4.90 Å². The predicted molar refractivity (Wildman–Crippen MR) is 132 cm³/mol. The second-order valence-corrected chi connectivity index (χ2v) is 10.6. The van der Waals surface area contributed by atoms with Gasteiger partial charge in [0.25, 0.3) is 0 Å². The van der Waals surface area contributed by atoms with Crippen LogP contribution in [0.4, 0.5) is 5.82 Å². The van der Waals surface area contributed by atoms with Crippen LogP contribution in [0.15, 0.2) is 77.7 Å². The second kappa shape index (κ2) is 8.91. The number of piperazine rings is 1. The van der Waals surface area contributed by atoms with Gasteiger partial charge in [0.1, 0.15) is 5.69 Å². The lowest BCUT2D eigenvalue weighted by molar-refractivity contribution is 0.384. The van der Waals surface area contributed by atoms with E-state index in [2.05, 4.69) is 4.90 Å². The Morgan fingerprint density at radius 2 is 1.30 bits per heavy atom. The highest BCUT2D eigenvalue weighted by molar-refractivity contribution is 7.89. The summed E-state index contributed by atoms with van der Waals surface area (Å²) in [4.78, 5) is 12.0. The van der Waals surface area contributed by atoms with Gasteiger partial charge < -0.3 is 4.90 Å². The lowest BCUT2D eigenvalue weighted by Crippen LogP contribution is -2.49. The van der Waals surface area contributed by atoms with E-state index in [1.54, 1.807) is 0 Å². The van der Waals surface area contributed by atoms with E-state index in [1.807, 2.05) is 54.6 Å². The Morgan fingerprint density at radius 1 is 0.727 bits per heavy atom. The van der Waals surface area contributed by atoms with Crippen molar-refractivity contribution >= 4 is 50.1 Å². The topological polar surface area (TPSA) is 66.4 Å². The number of hydrogen-bond donors (Lipinski definition) is 0. The molecule has 4 aromatic rings. The molecule has 1 aromatic heterocycles. The first kappa shape index (κ1) is 22.1. The summed E-state index contributed by atoms with van der Waals surface area (Å²) < 4.78 is 27.8. The number of halogens is 2. The number of benzene rings is 3. The van der Waals surface area contributed by atoms with E-state index in [0.29, 0.717) is 36.2 Å². The predicted octanol–water partition coefficient (Wildman–Crippen LogP) is 5.11. The molecule has 33 heavy (non-hydrogen) atoms. The second-order valence-electron chi connectivity index (χ2n) is 7.75. The Balaban J connectivity index is 1.46. The number of rotatable bonds is 4. The van der Waals surface area contributed by atoms with Crippen molar-refractivity contribution in [3.63, 3.8) is 0 Å². The smallest absolute Gasteiger partial charge is 0.243 e. The van der Waals surface area contributed by atoms with Crippen molar-refractivity contribution in [3.8, 4) is 11.3 Å². The van der Waals surface area contributed by atoms with Crippen molar-refractivity contribution in [3.05, 3.63) is 82.8 Å². The SMILES string of the molecule is O=S(=O)(c1cc(Cl)cc(Cl)c1)N1CCN(c2nc3ccccc3nc2-c2ccccc2)CC1. The van der Waals surface area contributed by atoms with Gasteiger partial charge in [-0.3, -0.25) is 0 Å². The molecule has 1 fully saturated rings. The van der Waals surface area contributed by atoms with Gasteiger partial charge in [-0.05, 0) is 30.3 Å². The highest BCUT2D eigenvalue weighted by atomic mass is 35.5. The Bertz CT molecular complexity index is 1400. The van der Waals surface area contributed by atoms with Crippen LogP contribution in [0.25, 0.3) is 22.3 Å². The first-order valence-corrected chi connectivity index (χ1v) is 12.6. The molecule has 0 N–H and O–H groups in total. The van der Waals surface area contributed by atoms with E-state index in [9.17, 15) is 8.42 Å². The van der Waals surface area contributed by atoms with Gasteiger partial charge in [0.15, 0.2) is 5.82 Å². The minimum absolute atomic E-state index is 0.101. The molecule has 0 saturated carbocycles. The fourth-order valence-corrected chi connectivity index (χ4v) is 6.12. The van der Waals surface area contributed by atoms with Crippen LogP contribution in [0.3, 0.4) is 0 Å². The molecular weight excluding hydrogens is 479 g/mol. The largest absolute Gasteiger partial charge is 0.352 e. The standard InChI is InChI=1S/C24H20Cl2N4O2S/c25-18-14-19(26)16-20(15-18)33(31,32)30-12-10-29(11-13-30)24-23(17-6-2-1-3-7-17)27-21-8-4-5-9-22(21)28-24/h1-9,14-16H,10-13H2. The zero-order valence-corrected chi connectivity index (χ0v) is 19.9. The molecule has 0 radical (unpaired) electrons. The van der Waals surface area contributed by atoms with Crippen molar-refractivity contribution in [2.24, 2.45) is 0 Å². The Morgan fingerprint density at radius 3 is 1.94 bits per heavy atom. The molecule has 5 rings (SSSR count). The lowest BCUT2D eigenvalue weighted by Gasteiger charge is -2.35. The molecule has 168 valence electrons. The lowest BCUT2D eigenvalue weighted by atomic mass is 10.1. The van der Waals surface area contributed by atoms with Crippen LogP contribution in [-0.2, 0) is 10.0 Å². The monoisotopic (exact) mass is 498 g/mol. The molecule has 9 heteroatoms. The van der Waals surface area contributed by atoms with E-state index in [-0.39, 0.29) is 4.90 Å². The minimum atomic E-state index is -3.71. The molecule has 0 aliphatic carbocycles. The summed E-state index contributed by atoms with van der Waals surface area (Å²) in [6.45, 7) is 1.60. The molecule has 0 atom stereocenters. The van der Waals surface area contributed by atoms with E-state index < -0.39 is 10.0 Å². The van der Waals surface area contributed by atoms with Crippen molar-refractivity contribution < 1.29 is 8.42 Å². The number of para-hydroxylation sites is 2. The molecule has 0 spiro atoms. The fourth-order valence-electron chi connectivity index (χ4n) is 3.97. The van der Waals surface area contributed by atoms with Gasteiger partial charge in [-0.2, -0.15) is 4.31 Å². The fraction of sp³-hybridized carbons (Fsp3) is 0.167. The summed E-state index contributed by atoms with van der Waals surface area (Å²) in [6.07, 6.45) is 0. The van der Waals surface area contributed by atoms with E-state index in [1.165, 1.54) is 22.5 Å². The molecule has 1 aliphatic rings. The zero-order valence-electron chi connectivity index (χ0n) is 17.5. The van der Waals surface area contributed by atoms with Crippen LogP contribution in [0, 0.1) is 0 Å². The van der Waals surface area contributed by atoms with Crippen molar-refractivity contribution in [1.82, 2.24) is 14.3 Å². The van der Waals surface area contributed by atoms with Gasteiger partial charge >= 0.3 is 0 Å². The number of nitrogens with zero attached hydrogens (tertiary/aromatic N) is 4. The highest BCUT2D eigenvalue weighted by Crippen LogP contribution is 2.31. The van der Waals surface area contributed by atoms with Crippen molar-refractivity contribution in [1.29, 1.82) is 0 Å². The first-order valence-electron chi connectivity index (χ1n) is 10.5. The van der Waals surface area contributed by atoms with Crippen LogP contribution in [0.1, 0.15) is 0 Å². The van der Waals surface area contributed by atoms with Gasteiger partial charge in [-0.1, -0.05) is 65.7 Å². The summed E-state index contributed by atoms with van der Waals surface area (Å²) in [5, 5.41) is 0.581. The quantitative estimate of drug-likeness (QED) is 0.390. The average Bonchev–Trinajstić information content (AvgIpc) is 2.83. The van der Waals surface area contributed by atoms with E-state index in [0.717, 1.165) is 28.1 Å². The van der Waals surface area contributed by atoms with Gasteiger partial charge in [-0.15, -0.1) is 0 Å². The summed E-state index contributed by atoms with van der Waals surface area (Å²) in [5.74, 6) is 0.753. The molecule has 3 aromatic carbocycles. The summed E-state index contributed by atoms with van der Waals surface area (Å²) in [7, 11) is -3.71. The summed E-state index contributed by atoms with van der Waals surface area (Å²) >= 11 is 12.1. The van der Waals surface area contributed by atoms with Crippen LogP contribution in [0.2, 0.25) is 10.0 Å². The van der Waals surface area contributed by atoms with Gasteiger partial charge in [-0.25, -0.2) is 18.4 Å². The number of sulfonamides is 1. The third kappa shape index (κ3) is 4.42. The molecule has 0 unspecified atom stereocenters. The highest BCUT2D eigenvalue weighted by Gasteiger charge is 2.30. The van der Waals surface area contributed by atoms with Crippen LogP contribution >= 0.6 is 23.2 Å². The van der Waals surface area contributed by atoms with Gasteiger partial charge in [0.05, 0.1) is 15.9 Å². The maximum atomic E-state index is 13.2. The van der Waals surface area contributed by atoms with Crippen molar-refractivity contribution in [2.75, 3.05) is 31.1 Å². The Labute approximate surface area is 202 Å². The van der Waals surface area contributed by atoms with Crippen molar-refractivity contribution in [2.45, 2.75) is 4.90 Å². The first-order chi connectivity index (χ1) is 15.9. The third-order valence-corrected chi connectivity index (χ3v) is 7.92. The normalized spacial score (nSPS) is 15.2. The molecule has 1 saturated heterocycles. The molecule has 0 amide bonds. The molecule has 6 nitrogen and oxygen atoms in total. The number of anilines is 1. The van der Waals surface area contributed by atoms with Crippen LogP contribution in [-0.4, -0.2) is 48.9 Å². The maximum Gasteiger partial charge on any atom is 0.243 e. The van der Waals surface area contributed by atoms with E-state index >= 15 is 0 Å². The number of fused-ring (bicyclic) bond motifs is 1. The van der Waals surface area contributed by atoms with E-state index in [4.69, 9.17) is 33.2 Å². The summed E-state index contributed by atoms with van der Waals surface area (Å²) in [6, 6.07) is 22.0. The number of aromatic nitrogens is 2. The average molecular weight is 499 g/mol. The Kier molecular flexibility index (Phi) is 5.97. The Hall–Kier alpha value is -2.71. The molecule has 2 heterocycles. The van der Waals surface area contributed by atoms with Gasteiger partial charge in [0, 0.05) is 41.8 Å². The maximum absolute atomic E-state index is 13.2. The van der Waals surface area contributed by atoms with Crippen LogP contribution in [0.5, 0.6) is 0 Å².